The third kappa shape index (κ3) is 5.09. The van der Waals surface area contributed by atoms with E-state index in [1.165, 1.54) is 24.5 Å². The van der Waals surface area contributed by atoms with Crippen molar-refractivity contribution in [3.63, 3.8) is 0 Å². The van der Waals surface area contributed by atoms with E-state index < -0.39 is 34.9 Å². The number of nitro groups is 1. The average molecular weight is 573 g/mol. The number of rotatable bonds is 9. The van der Waals surface area contributed by atoms with Gasteiger partial charge in [-0.05, 0) is 5.56 Å². The number of carbonyl (C=O) groups excluding carboxylic acids is 2. The van der Waals surface area contributed by atoms with Crippen LogP contribution in [0.15, 0.2) is 60.9 Å². The Kier molecular flexibility index (Phi) is 7.16. The van der Waals surface area contributed by atoms with Gasteiger partial charge in [0.1, 0.15) is 12.3 Å². The molecule has 3 heterocycles. The molecule has 0 unspecified atom stereocenters. The van der Waals surface area contributed by atoms with Crippen LogP contribution in [0.2, 0.25) is 0 Å². The van der Waals surface area contributed by atoms with Crippen LogP contribution in [0.5, 0.6) is 5.88 Å². The van der Waals surface area contributed by atoms with Gasteiger partial charge in [0.05, 0.1) is 36.3 Å². The highest BCUT2D eigenvalue weighted by atomic mass is 16.6. The van der Waals surface area contributed by atoms with Gasteiger partial charge in [0.2, 0.25) is 23.4 Å². The molecule has 4 aromatic rings. The van der Waals surface area contributed by atoms with Crippen LogP contribution in [-0.2, 0) is 16.0 Å². The van der Waals surface area contributed by atoms with Crippen LogP contribution in [0.3, 0.4) is 0 Å². The van der Waals surface area contributed by atoms with Gasteiger partial charge in [0.25, 0.3) is 5.69 Å². The summed E-state index contributed by atoms with van der Waals surface area (Å²) in [6.07, 6.45) is 0.936. The van der Waals surface area contributed by atoms with Gasteiger partial charge < -0.3 is 25.0 Å². The summed E-state index contributed by atoms with van der Waals surface area (Å²) in [7, 11) is 0. The SMILES string of the molecule is O=C1C=C(Nc2nc(OCCc3ccc([N+](=O)[O-])cc3)c3ncn([C@H]4C[C@H](O)[C@@H](CO)O4)c3n2)c2ccccc2C1=O. The van der Waals surface area contributed by atoms with Crippen molar-refractivity contribution in [1.82, 2.24) is 19.5 Å². The number of carbonyl (C=O) groups is 2. The van der Waals surface area contributed by atoms with E-state index in [2.05, 4.69) is 20.3 Å². The lowest BCUT2D eigenvalue weighted by atomic mass is 9.93. The fraction of sp³-hybridized carbons (Fsp3) is 0.250. The fourth-order valence-electron chi connectivity index (χ4n) is 4.91. The highest BCUT2D eigenvalue weighted by molar-refractivity contribution is 6.50. The molecule has 0 saturated carbocycles. The van der Waals surface area contributed by atoms with E-state index in [0.29, 0.717) is 28.8 Å². The number of nitrogens with one attached hydrogen (secondary N) is 1. The second kappa shape index (κ2) is 11.1. The molecule has 2 aromatic carbocycles. The van der Waals surface area contributed by atoms with Crippen molar-refractivity contribution in [2.45, 2.75) is 31.3 Å². The second-order valence-electron chi connectivity index (χ2n) is 9.74. The first-order valence-electron chi connectivity index (χ1n) is 13.0. The largest absolute Gasteiger partial charge is 0.476 e. The summed E-state index contributed by atoms with van der Waals surface area (Å²) in [5.74, 6) is -1.14. The highest BCUT2D eigenvalue weighted by Gasteiger charge is 2.36. The molecule has 3 atom stereocenters. The monoisotopic (exact) mass is 572 g/mol. The predicted octanol–water partition coefficient (Wildman–Crippen LogP) is 2.22. The van der Waals surface area contributed by atoms with E-state index in [0.717, 1.165) is 5.56 Å². The topological polar surface area (TPSA) is 192 Å². The van der Waals surface area contributed by atoms with Crippen molar-refractivity contribution in [1.29, 1.82) is 0 Å². The lowest BCUT2D eigenvalue weighted by molar-refractivity contribution is -0.384. The molecule has 0 amide bonds. The molecule has 1 aliphatic heterocycles. The van der Waals surface area contributed by atoms with Gasteiger partial charge in [0.15, 0.2) is 11.2 Å². The number of aliphatic hydroxyl groups excluding tert-OH is 2. The summed E-state index contributed by atoms with van der Waals surface area (Å²) in [4.78, 5) is 48.8. The zero-order valence-corrected chi connectivity index (χ0v) is 21.9. The number of hydrogen-bond donors (Lipinski definition) is 3. The summed E-state index contributed by atoms with van der Waals surface area (Å²) in [5, 5.41) is 33.8. The van der Waals surface area contributed by atoms with Crippen molar-refractivity contribution in [2.24, 2.45) is 0 Å². The zero-order valence-electron chi connectivity index (χ0n) is 21.9. The third-order valence-electron chi connectivity index (χ3n) is 7.07. The average Bonchev–Trinajstić information content (AvgIpc) is 3.59. The standard InChI is InChI=1S/C28H24N6O8/c35-13-22-20(36)12-23(42-22)33-14-29-24-26(33)31-28(30-19-11-21(37)25(38)18-4-2-1-3-17(18)19)32-27(24)41-10-9-15-5-7-16(8-6-15)34(39)40/h1-8,11,14,20,22-23,35-36H,9-10,12-13H2,(H,30,31,32)/t20-,22+,23+/m0/s1. The number of ether oxygens (including phenoxy) is 2. The molecule has 0 bridgehead atoms. The molecule has 0 spiro atoms. The second-order valence-corrected chi connectivity index (χ2v) is 9.74. The maximum Gasteiger partial charge on any atom is 0.269 e. The molecule has 3 N–H and O–H groups in total. The number of imidazole rings is 1. The Labute approximate surface area is 237 Å². The third-order valence-corrected chi connectivity index (χ3v) is 7.07. The van der Waals surface area contributed by atoms with Crippen molar-refractivity contribution in [3.05, 3.63) is 87.7 Å². The van der Waals surface area contributed by atoms with Crippen molar-refractivity contribution < 1.29 is 34.2 Å². The Hall–Kier alpha value is -5.05. The number of aromatic nitrogens is 4. The maximum absolute atomic E-state index is 12.4. The van der Waals surface area contributed by atoms with E-state index in [9.17, 15) is 29.9 Å². The summed E-state index contributed by atoms with van der Waals surface area (Å²) >= 11 is 0. The zero-order chi connectivity index (χ0) is 29.4. The molecule has 14 nitrogen and oxygen atoms in total. The number of anilines is 1. The summed E-state index contributed by atoms with van der Waals surface area (Å²) in [6.45, 7) is -0.205. The van der Waals surface area contributed by atoms with E-state index in [1.54, 1.807) is 41.0 Å². The lowest BCUT2D eigenvalue weighted by Crippen LogP contribution is -2.24. The van der Waals surface area contributed by atoms with Crippen LogP contribution in [0.25, 0.3) is 16.9 Å². The van der Waals surface area contributed by atoms with Crippen LogP contribution < -0.4 is 10.1 Å². The summed E-state index contributed by atoms with van der Waals surface area (Å²) in [5.41, 5.74) is 2.49. The van der Waals surface area contributed by atoms with Crippen molar-refractivity contribution in [2.75, 3.05) is 18.5 Å². The van der Waals surface area contributed by atoms with Crippen molar-refractivity contribution in [3.8, 4) is 5.88 Å². The van der Waals surface area contributed by atoms with Gasteiger partial charge in [-0.25, -0.2) is 4.98 Å². The normalized spacial score (nSPS) is 20.0. The molecule has 2 aliphatic rings. The number of allylic oxidation sites excluding steroid dienone is 1. The minimum absolute atomic E-state index is 0.0140. The molecular weight excluding hydrogens is 548 g/mol. The van der Waals surface area contributed by atoms with Crippen LogP contribution in [0, 0.1) is 10.1 Å². The molecule has 214 valence electrons. The smallest absolute Gasteiger partial charge is 0.269 e. The molecule has 6 rings (SSSR count). The van der Waals surface area contributed by atoms with Gasteiger partial charge >= 0.3 is 0 Å². The minimum Gasteiger partial charge on any atom is -0.476 e. The van der Waals surface area contributed by atoms with Crippen molar-refractivity contribution >= 4 is 40.1 Å². The molecule has 2 aromatic heterocycles. The number of non-ortho nitro benzene ring substituents is 1. The molecule has 1 fully saturated rings. The quantitative estimate of drug-likeness (QED) is 0.151. The molecule has 1 aliphatic carbocycles. The lowest BCUT2D eigenvalue weighted by Gasteiger charge is -2.18. The number of benzene rings is 2. The van der Waals surface area contributed by atoms with Crippen LogP contribution in [0.4, 0.5) is 11.6 Å². The number of fused-ring (bicyclic) bond motifs is 2. The molecule has 0 radical (unpaired) electrons. The van der Waals surface area contributed by atoms with E-state index in [4.69, 9.17) is 9.47 Å². The Bertz CT molecular complexity index is 1730. The summed E-state index contributed by atoms with van der Waals surface area (Å²) in [6, 6.07) is 12.8. The van der Waals surface area contributed by atoms with E-state index in [1.807, 2.05) is 0 Å². The fourth-order valence-corrected chi connectivity index (χ4v) is 4.91. The van der Waals surface area contributed by atoms with Gasteiger partial charge in [-0.15, -0.1) is 0 Å². The Morgan fingerprint density at radius 3 is 2.60 bits per heavy atom. The van der Waals surface area contributed by atoms with E-state index in [-0.39, 0.29) is 42.7 Å². The van der Waals surface area contributed by atoms with Gasteiger partial charge in [-0.3, -0.25) is 24.3 Å². The molecular formula is C28H24N6O8. The number of nitrogens with zero attached hydrogens (tertiary/aromatic N) is 5. The van der Waals surface area contributed by atoms with Crippen LogP contribution in [0.1, 0.15) is 34.1 Å². The van der Waals surface area contributed by atoms with E-state index >= 15 is 0 Å². The number of aliphatic hydroxyl groups is 2. The number of hydrogen-bond acceptors (Lipinski definition) is 12. The van der Waals surface area contributed by atoms with Crippen LogP contribution in [-0.4, -0.2) is 71.6 Å². The first-order chi connectivity index (χ1) is 20.3. The Morgan fingerprint density at radius 2 is 1.88 bits per heavy atom. The molecule has 1 saturated heterocycles. The molecule has 14 heteroatoms. The number of Topliss-reactive ketones (excluding diaryl/α,β-unsaturated/α-hetero) is 1. The maximum atomic E-state index is 12.4. The highest BCUT2D eigenvalue weighted by Crippen LogP contribution is 2.34. The Morgan fingerprint density at radius 1 is 1.12 bits per heavy atom. The van der Waals surface area contributed by atoms with Gasteiger partial charge in [-0.2, -0.15) is 9.97 Å². The molecule has 42 heavy (non-hydrogen) atoms. The minimum atomic E-state index is -0.887. The first kappa shape index (κ1) is 27.1. The van der Waals surface area contributed by atoms with Gasteiger partial charge in [-0.1, -0.05) is 36.4 Å². The van der Waals surface area contributed by atoms with Crippen LogP contribution >= 0.6 is 0 Å². The number of nitro benzene ring substituents is 1. The summed E-state index contributed by atoms with van der Waals surface area (Å²) < 4.78 is 13.4. The number of ketones is 2. The van der Waals surface area contributed by atoms with Gasteiger partial charge in [0, 0.05) is 42.2 Å². The predicted molar refractivity (Wildman–Crippen MR) is 147 cm³/mol. The Balaban J connectivity index is 1.33. The first-order valence-corrected chi connectivity index (χ1v) is 13.0.